The van der Waals surface area contributed by atoms with Crippen LogP contribution in [0.15, 0.2) is 42.0 Å². The van der Waals surface area contributed by atoms with Crippen molar-refractivity contribution in [2.24, 2.45) is 5.92 Å². The Hall–Kier alpha value is -1.82. The summed E-state index contributed by atoms with van der Waals surface area (Å²) in [6, 6.07) is 14.3. The SMILES string of the molecule is CC(C)(C)c1cc(-c2cccc3c2C=C(C2CCCCC2)C3)cc(C(C)(C)C)c1. The van der Waals surface area contributed by atoms with Gasteiger partial charge in [0, 0.05) is 0 Å². The molecule has 0 aliphatic heterocycles. The molecule has 0 unspecified atom stereocenters. The van der Waals surface area contributed by atoms with E-state index < -0.39 is 0 Å². The molecule has 2 aromatic rings. The molecule has 0 atom stereocenters. The molecular weight excluding hydrogens is 348 g/mol. The van der Waals surface area contributed by atoms with Crippen LogP contribution in [0.2, 0.25) is 0 Å². The van der Waals surface area contributed by atoms with Gasteiger partial charge in [0.05, 0.1) is 0 Å². The molecule has 1 fully saturated rings. The van der Waals surface area contributed by atoms with Crippen LogP contribution in [0.5, 0.6) is 0 Å². The van der Waals surface area contributed by atoms with Crippen LogP contribution in [0, 0.1) is 5.92 Å². The maximum Gasteiger partial charge on any atom is -0.00548 e. The average molecular weight is 387 g/mol. The summed E-state index contributed by atoms with van der Waals surface area (Å²) >= 11 is 0. The van der Waals surface area contributed by atoms with Gasteiger partial charge in [-0.25, -0.2) is 0 Å². The minimum atomic E-state index is 0.150. The van der Waals surface area contributed by atoms with Crippen molar-refractivity contribution in [3.8, 4) is 11.1 Å². The summed E-state index contributed by atoms with van der Waals surface area (Å²) in [5.74, 6) is 0.815. The van der Waals surface area contributed by atoms with Crippen molar-refractivity contribution in [2.45, 2.75) is 90.9 Å². The monoisotopic (exact) mass is 386 g/mol. The largest absolute Gasteiger partial charge is 0.0621 e. The van der Waals surface area contributed by atoms with Gasteiger partial charge in [0.25, 0.3) is 0 Å². The number of hydrogen-bond donors (Lipinski definition) is 0. The first-order valence-corrected chi connectivity index (χ1v) is 11.6. The number of allylic oxidation sites excluding steroid dienone is 1. The quantitative estimate of drug-likeness (QED) is 0.485. The van der Waals surface area contributed by atoms with Gasteiger partial charge in [0.15, 0.2) is 0 Å². The maximum absolute atomic E-state index is 2.56. The third-order valence-electron chi connectivity index (χ3n) is 7.03. The predicted octanol–water partition coefficient (Wildman–Crippen LogP) is 8.47. The molecule has 2 aliphatic rings. The highest BCUT2D eigenvalue weighted by molar-refractivity contribution is 5.81. The second-order valence-corrected chi connectivity index (χ2v) is 11.4. The number of benzene rings is 2. The van der Waals surface area contributed by atoms with Gasteiger partial charge in [-0.05, 0) is 69.4 Å². The summed E-state index contributed by atoms with van der Waals surface area (Å²) < 4.78 is 0. The summed E-state index contributed by atoms with van der Waals surface area (Å²) in [5.41, 5.74) is 10.7. The number of rotatable bonds is 2. The van der Waals surface area contributed by atoms with E-state index in [1.807, 2.05) is 0 Å². The van der Waals surface area contributed by atoms with Crippen LogP contribution in [-0.4, -0.2) is 0 Å². The predicted molar refractivity (Wildman–Crippen MR) is 128 cm³/mol. The summed E-state index contributed by atoms with van der Waals surface area (Å²) in [5, 5.41) is 0. The highest BCUT2D eigenvalue weighted by atomic mass is 14.3. The van der Waals surface area contributed by atoms with E-state index in [4.69, 9.17) is 0 Å². The number of hydrogen-bond acceptors (Lipinski definition) is 0. The molecule has 0 spiro atoms. The van der Waals surface area contributed by atoms with E-state index in [-0.39, 0.29) is 10.8 Å². The van der Waals surface area contributed by atoms with E-state index in [2.05, 4.69) is 84.0 Å². The highest BCUT2D eigenvalue weighted by Gasteiger charge is 2.26. The Morgan fingerprint density at radius 1 is 0.759 bits per heavy atom. The summed E-state index contributed by atoms with van der Waals surface area (Å²) in [7, 11) is 0. The topological polar surface area (TPSA) is 0 Å². The molecule has 0 N–H and O–H groups in total. The lowest BCUT2D eigenvalue weighted by Crippen LogP contribution is -2.16. The van der Waals surface area contributed by atoms with Gasteiger partial charge >= 0.3 is 0 Å². The van der Waals surface area contributed by atoms with Gasteiger partial charge in [0.1, 0.15) is 0 Å². The third kappa shape index (κ3) is 4.23. The van der Waals surface area contributed by atoms with E-state index in [1.54, 1.807) is 5.57 Å². The van der Waals surface area contributed by atoms with Crippen LogP contribution < -0.4 is 0 Å². The molecule has 2 aromatic carbocycles. The van der Waals surface area contributed by atoms with E-state index >= 15 is 0 Å². The molecule has 1 saturated carbocycles. The molecule has 4 rings (SSSR count). The zero-order chi connectivity index (χ0) is 20.8. The van der Waals surface area contributed by atoms with Gasteiger partial charge in [-0.2, -0.15) is 0 Å². The van der Waals surface area contributed by atoms with E-state index in [1.165, 1.54) is 71.9 Å². The van der Waals surface area contributed by atoms with E-state index in [0.29, 0.717) is 0 Å². The van der Waals surface area contributed by atoms with Gasteiger partial charge in [-0.15, -0.1) is 0 Å². The molecule has 29 heavy (non-hydrogen) atoms. The minimum Gasteiger partial charge on any atom is -0.0621 e. The molecule has 0 saturated heterocycles. The zero-order valence-corrected chi connectivity index (χ0v) is 19.4. The molecule has 0 radical (unpaired) electrons. The normalized spacial score (nSPS) is 17.9. The molecule has 0 amide bonds. The average Bonchev–Trinajstić information content (AvgIpc) is 3.11. The Labute approximate surface area is 178 Å². The lowest BCUT2D eigenvalue weighted by Gasteiger charge is -2.26. The Morgan fingerprint density at radius 3 is 1.97 bits per heavy atom. The molecular formula is C29H38. The lowest BCUT2D eigenvalue weighted by molar-refractivity contribution is 0.401. The molecule has 0 heterocycles. The van der Waals surface area contributed by atoms with Gasteiger partial charge in [-0.1, -0.05) is 109 Å². The smallest absolute Gasteiger partial charge is 0.00548 e. The van der Waals surface area contributed by atoms with Crippen LogP contribution >= 0.6 is 0 Å². The standard InChI is InChI=1S/C29H38/c1-28(2,3)24-16-23(17-25(19-24)29(4,5)6)26-14-10-13-21-15-22(18-27(21)26)20-11-8-7-9-12-20/h10,13-14,16-20H,7-9,11-12,15H2,1-6H3. The van der Waals surface area contributed by atoms with E-state index in [9.17, 15) is 0 Å². The van der Waals surface area contributed by atoms with Crippen LogP contribution in [0.4, 0.5) is 0 Å². The van der Waals surface area contributed by atoms with Crippen molar-refractivity contribution in [3.05, 3.63) is 64.2 Å². The molecule has 154 valence electrons. The maximum atomic E-state index is 2.56. The molecule has 2 aliphatic carbocycles. The van der Waals surface area contributed by atoms with Gasteiger partial charge in [0.2, 0.25) is 0 Å². The molecule has 0 aromatic heterocycles. The summed E-state index contributed by atoms with van der Waals surface area (Å²) in [4.78, 5) is 0. The minimum absolute atomic E-state index is 0.150. The van der Waals surface area contributed by atoms with Crippen molar-refractivity contribution in [1.29, 1.82) is 0 Å². The third-order valence-corrected chi connectivity index (χ3v) is 7.03. The Kier molecular flexibility index (Phi) is 5.26. The summed E-state index contributed by atoms with van der Waals surface area (Å²) in [6.45, 7) is 14.0. The first-order valence-electron chi connectivity index (χ1n) is 11.6. The van der Waals surface area contributed by atoms with Crippen LogP contribution in [0.3, 0.4) is 0 Å². The molecule has 0 nitrogen and oxygen atoms in total. The van der Waals surface area contributed by atoms with Crippen molar-refractivity contribution >= 4 is 6.08 Å². The lowest BCUT2D eigenvalue weighted by atomic mass is 9.78. The molecule has 0 heteroatoms. The fourth-order valence-electron chi connectivity index (χ4n) is 5.03. The highest BCUT2D eigenvalue weighted by Crippen LogP contribution is 2.42. The van der Waals surface area contributed by atoms with Crippen molar-refractivity contribution in [3.63, 3.8) is 0 Å². The zero-order valence-electron chi connectivity index (χ0n) is 19.4. The Morgan fingerprint density at radius 2 is 1.38 bits per heavy atom. The van der Waals surface area contributed by atoms with Crippen LogP contribution in [0.1, 0.15) is 95.9 Å². The number of fused-ring (bicyclic) bond motifs is 1. The van der Waals surface area contributed by atoms with Gasteiger partial charge < -0.3 is 0 Å². The van der Waals surface area contributed by atoms with Crippen LogP contribution in [-0.2, 0) is 17.3 Å². The second kappa shape index (κ2) is 7.46. The fourth-order valence-corrected chi connectivity index (χ4v) is 5.03. The van der Waals surface area contributed by atoms with Gasteiger partial charge in [-0.3, -0.25) is 0 Å². The first kappa shape index (κ1) is 20.5. The van der Waals surface area contributed by atoms with Crippen molar-refractivity contribution in [1.82, 2.24) is 0 Å². The van der Waals surface area contributed by atoms with Crippen molar-refractivity contribution in [2.75, 3.05) is 0 Å². The van der Waals surface area contributed by atoms with E-state index in [0.717, 1.165) is 5.92 Å². The second-order valence-electron chi connectivity index (χ2n) is 11.4. The molecule has 0 bridgehead atoms. The van der Waals surface area contributed by atoms with Crippen molar-refractivity contribution < 1.29 is 0 Å². The van der Waals surface area contributed by atoms with Crippen LogP contribution in [0.25, 0.3) is 17.2 Å². The Bertz CT molecular complexity index is 889. The summed E-state index contributed by atoms with van der Waals surface area (Å²) in [6.07, 6.45) is 10.8. The Balaban J connectivity index is 1.81. The fraction of sp³-hybridized carbons (Fsp3) is 0.517. The first-order chi connectivity index (χ1) is 13.6.